The Balaban J connectivity index is 1.21. The Kier molecular flexibility index (Phi) is 4.98. The molecule has 3 aromatic carbocycles. The molecule has 0 unspecified atom stereocenters. The van der Waals surface area contributed by atoms with E-state index in [-0.39, 0.29) is 18.4 Å². The van der Waals surface area contributed by atoms with Gasteiger partial charge in [0.1, 0.15) is 0 Å². The van der Waals surface area contributed by atoms with Crippen LogP contribution in [0.5, 0.6) is 5.88 Å². The maximum Gasteiger partial charge on any atom is 0.262 e. The summed E-state index contributed by atoms with van der Waals surface area (Å²) in [5, 5.41) is 25.6. The highest BCUT2D eigenvalue weighted by atomic mass is 16.6. The number of hydrogen-bond donors (Lipinski definition) is 2. The first-order chi connectivity index (χ1) is 18.3. The van der Waals surface area contributed by atoms with Crippen LogP contribution in [-0.2, 0) is 14.3 Å². The molecule has 1 aromatic heterocycles. The zero-order chi connectivity index (χ0) is 26.2. The summed E-state index contributed by atoms with van der Waals surface area (Å²) in [7, 11) is 0. The van der Waals surface area contributed by atoms with Crippen molar-refractivity contribution < 1.29 is 33.8 Å². The van der Waals surface area contributed by atoms with Crippen molar-refractivity contribution in [3.8, 4) is 5.88 Å². The average Bonchev–Trinajstić information content (AvgIpc) is 3.62. The maximum atomic E-state index is 14.0. The second kappa shape index (κ2) is 8.10. The van der Waals surface area contributed by atoms with E-state index in [1.807, 2.05) is 31.2 Å². The molecule has 194 valence electrons. The van der Waals surface area contributed by atoms with Gasteiger partial charge in [-0.15, -0.1) is 0 Å². The van der Waals surface area contributed by atoms with Crippen molar-refractivity contribution in [1.82, 2.24) is 5.16 Å². The molecule has 2 N–H and O–H groups in total. The van der Waals surface area contributed by atoms with E-state index >= 15 is 0 Å². The standard InChI is InChI=1S/C29H26N2O7/c1-28-12-13-29(38-28,14-15-36-24-19-8-4-5-9-21(19)37-30-24)23-22(28)25(32)31(26(23)33)20-11-10-18(27(34)35)16-6-2-3-7-17(16)20/h2-11,22-23,27,34-35H,12-15H2,1H3/t22-,23+,28-,29-/m1/s1. The molecule has 2 bridgehead atoms. The van der Waals surface area contributed by atoms with E-state index in [1.54, 1.807) is 36.4 Å². The minimum Gasteiger partial charge on any atom is -0.475 e. The van der Waals surface area contributed by atoms with Crippen LogP contribution >= 0.6 is 0 Å². The highest BCUT2D eigenvalue weighted by molar-refractivity contribution is 6.26. The molecule has 4 heterocycles. The zero-order valence-corrected chi connectivity index (χ0v) is 20.7. The number of benzene rings is 3. The Labute approximate surface area is 217 Å². The molecule has 0 radical (unpaired) electrons. The monoisotopic (exact) mass is 514 g/mol. The summed E-state index contributed by atoms with van der Waals surface area (Å²) in [6.45, 7) is 2.17. The van der Waals surface area contributed by atoms with Gasteiger partial charge >= 0.3 is 0 Å². The van der Waals surface area contributed by atoms with E-state index < -0.39 is 29.3 Å². The van der Waals surface area contributed by atoms with Crippen molar-refractivity contribution in [3.63, 3.8) is 0 Å². The summed E-state index contributed by atoms with van der Waals surface area (Å²) in [5.41, 5.74) is -0.183. The summed E-state index contributed by atoms with van der Waals surface area (Å²) in [4.78, 5) is 29.2. The lowest BCUT2D eigenvalue weighted by Crippen LogP contribution is -2.43. The molecule has 2 amide bonds. The van der Waals surface area contributed by atoms with E-state index in [9.17, 15) is 19.8 Å². The van der Waals surface area contributed by atoms with Gasteiger partial charge in [0.05, 0.1) is 40.7 Å². The second-order valence-corrected chi connectivity index (χ2v) is 10.6. The largest absolute Gasteiger partial charge is 0.475 e. The van der Waals surface area contributed by atoms with Crippen molar-refractivity contribution in [2.24, 2.45) is 11.8 Å². The fraction of sp³-hybridized carbons (Fsp3) is 0.345. The van der Waals surface area contributed by atoms with Crippen LogP contribution in [0.1, 0.15) is 38.0 Å². The third kappa shape index (κ3) is 3.12. The van der Waals surface area contributed by atoms with Gasteiger partial charge < -0.3 is 24.2 Å². The summed E-state index contributed by atoms with van der Waals surface area (Å²) < 4.78 is 17.8. The summed E-state index contributed by atoms with van der Waals surface area (Å²) in [5.74, 6) is -1.42. The lowest BCUT2D eigenvalue weighted by atomic mass is 9.67. The van der Waals surface area contributed by atoms with Crippen LogP contribution in [0.4, 0.5) is 5.69 Å². The predicted octanol–water partition coefficient (Wildman–Crippen LogP) is 3.86. The molecular weight excluding hydrogens is 488 g/mol. The van der Waals surface area contributed by atoms with Crippen molar-refractivity contribution in [3.05, 3.63) is 66.2 Å². The summed E-state index contributed by atoms with van der Waals surface area (Å²) in [6, 6.07) is 17.7. The van der Waals surface area contributed by atoms with Crippen molar-refractivity contribution in [2.75, 3.05) is 11.5 Å². The first kappa shape index (κ1) is 23.3. The van der Waals surface area contributed by atoms with Gasteiger partial charge in [0, 0.05) is 17.4 Å². The number of aliphatic hydroxyl groups excluding tert-OH is 1. The summed E-state index contributed by atoms with van der Waals surface area (Å²) in [6.07, 6.45) is 0.0709. The Bertz CT molecular complexity index is 1610. The van der Waals surface area contributed by atoms with Crippen LogP contribution in [0.25, 0.3) is 21.7 Å². The summed E-state index contributed by atoms with van der Waals surface area (Å²) >= 11 is 0. The number of carbonyl (C=O) groups excluding carboxylic acids is 2. The number of fused-ring (bicyclic) bond motifs is 7. The fourth-order valence-corrected chi connectivity index (χ4v) is 6.86. The number of anilines is 1. The number of carbonyl (C=O) groups is 2. The van der Waals surface area contributed by atoms with E-state index in [0.29, 0.717) is 52.7 Å². The first-order valence-corrected chi connectivity index (χ1v) is 12.8. The minimum absolute atomic E-state index is 0.253. The van der Waals surface area contributed by atoms with E-state index in [0.717, 1.165) is 5.39 Å². The van der Waals surface area contributed by atoms with Crippen LogP contribution in [0, 0.1) is 11.8 Å². The van der Waals surface area contributed by atoms with E-state index in [1.165, 1.54) is 4.90 Å². The second-order valence-electron chi connectivity index (χ2n) is 10.6. The normalized spacial score (nSPS) is 28.3. The SMILES string of the molecule is C[C@]12CC[C@](CCOc3noc4ccccc34)(O1)[C@@H]1C(=O)N(c3ccc(C(O)O)c4ccccc34)C(=O)[C@@H]12. The van der Waals surface area contributed by atoms with Crippen LogP contribution in [0.2, 0.25) is 0 Å². The number of nitrogens with zero attached hydrogens (tertiary/aromatic N) is 2. The number of ether oxygens (including phenoxy) is 2. The Morgan fingerprint density at radius 1 is 0.974 bits per heavy atom. The van der Waals surface area contributed by atoms with Crippen LogP contribution in [0.15, 0.2) is 65.2 Å². The number of hydrogen-bond acceptors (Lipinski definition) is 8. The van der Waals surface area contributed by atoms with Crippen molar-refractivity contribution in [2.45, 2.75) is 43.7 Å². The molecule has 3 aliphatic rings. The molecule has 3 fully saturated rings. The van der Waals surface area contributed by atoms with Gasteiger partial charge in [0.25, 0.3) is 5.88 Å². The molecule has 0 aliphatic carbocycles. The number of aromatic nitrogens is 1. The molecule has 3 saturated heterocycles. The van der Waals surface area contributed by atoms with Gasteiger partial charge in [-0.3, -0.25) is 9.59 Å². The molecule has 4 atom stereocenters. The van der Waals surface area contributed by atoms with Gasteiger partial charge in [0.15, 0.2) is 11.9 Å². The van der Waals surface area contributed by atoms with E-state index in [2.05, 4.69) is 5.16 Å². The predicted molar refractivity (Wildman–Crippen MR) is 136 cm³/mol. The van der Waals surface area contributed by atoms with Gasteiger partial charge in [-0.2, -0.15) is 0 Å². The molecule has 3 aliphatic heterocycles. The Hall–Kier alpha value is -3.79. The van der Waals surface area contributed by atoms with Crippen molar-refractivity contribution >= 4 is 39.2 Å². The number of aliphatic hydroxyl groups is 2. The Morgan fingerprint density at radius 2 is 1.68 bits per heavy atom. The highest BCUT2D eigenvalue weighted by Gasteiger charge is 2.73. The number of para-hydroxylation sites is 1. The first-order valence-electron chi connectivity index (χ1n) is 12.8. The third-order valence-electron chi connectivity index (χ3n) is 8.57. The highest BCUT2D eigenvalue weighted by Crippen LogP contribution is 2.62. The van der Waals surface area contributed by atoms with Gasteiger partial charge in [-0.1, -0.05) is 42.5 Å². The molecule has 7 rings (SSSR count). The molecule has 4 aromatic rings. The topological polar surface area (TPSA) is 122 Å². The smallest absolute Gasteiger partial charge is 0.262 e. The van der Waals surface area contributed by atoms with E-state index in [4.69, 9.17) is 14.0 Å². The van der Waals surface area contributed by atoms with Crippen LogP contribution in [-0.4, -0.2) is 45.0 Å². The average molecular weight is 515 g/mol. The van der Waals surface area contributed by atoms with Gasteiger partial charge in [-0.05, 0) is 48.5 Å². The maximum absolute atomic E-state index is 14.0. The quantitative estimate of drug-likeness (QED) is 0.294. The molecular formula is C29H26N2O7. The Morgan fingerprint density at radius 3 is 2.47 bits per heavy atom. The zero-order valence-electron chi connectivity index (χ0n) is 20.7. The van der Waals surface area contributed by atoms with Gasteiger partial charge in [-0.25, -0.2) is 4.90 Å². The fourth-order valence-electron chi connectivity index (χ4n) is 6.86. The van der Waals surface area contributed by atoms with Crippen LogP contribution < -0.4 is 9.64 Å². The molecule has 0 saturated carbocycles. The number of amides is 2. The molecule has 9 nitrogen and oxygen atoms in total. The number of imide groups is 1. The third-order valence-corrected chi connectivity index (χ3v) is 8.57. The molecule has 38 heavy (non-hydrogen) atoms. The van der Waals surface area contributed by atoms with Crippen molar-refractivity contribution in [1.29, 1.82) is 0 Å². The number of rotatable bonds is 6. The minimum atomic E-state index is -1.67. The van der Waals surface area contributed by atoms with Crippen LogP contribution in [0.3, 0.4) is 0 Å². The lowest BCUT2D eigenvalue weighted by Gasteiger charge is -2.31. The molecule has 0 spiro atoms. The molecule has 9 heteroatoms. The lowest BCUT2D eigenvalue weighted by molar-refractivity contribution is -0.131. The van der Waals surface area contributed by atoms with Gasteiger partial charge in [0.2, 0.25) is 11.8 Å².